The molecule has 0 bridgehead atoms. The topological polar surface area (TPSA) is 9.72 Å². The quantitative estimate of drug-likeness (QED) is 0.127. The number of benzene rings is 3. The van der Waals surface area contributed by atoms with Gasteiger partial charge in [-0.3, -0.25) is 14.7 Å². The number of aryl methyl sites for hydroxylation is 1. The Labute approximate surface area is 297 Å². The molecule has 2 atom stereocenters. The molecule has 0 saturated heterocycles. The lowest BCUT2D eigenvalue weighted by molar-refractivity contribution is 0.166. The van der Waals surface area contributed by atoms with Crippen molar-refractivity contribution in [1.29, 1.82) is 0 Å². The monoisotopic (exact) mass is 654 g/mol. The Bertz CT molecular complexity index is 1280. The normalized spacial score (nSPS) is 13.9. The molecule has 2 unspecified atom stereocenters. The number of rotatable bonds is 19. The van der Waals surface area contributed by atoms with E-state index >= 15 is 0 Å². The predicted octanol–water partition coefficient (Wildman–Crippen LogP) is 11.5. The highest BCUT2D eigenvalue weighted by Crippen LogP contribution is 2.34. The Morgan fingerprint density at radius 3 is 1.00 bits per heavy atom. The number of hydrogen-bond donors (Lipinski definition) is 0. The van der Waals surface area contributed by atoms with E-state index in [9.17, 15) is 0 Å². The van der Waals surface area contributed by atoms with Gasteiger partial charge in [0.25, 0.3) is 0 Å². The summed E-state index contributed by atoms with van der Waals surface area (Å²) in [5, 5.41) is 0. The van der Waals surface area contributed by atoms with E-state index < -0.39 is 0 Å². The minimum Gasteiger partial charge on any atom is -0.294 e. The Hall–Kier alpha value is -2.46. The third-order valence-electron chi connectivity index (χ3n) is 10.5. The third-order valence-corrected chi connectivity index (χ3v) is 10.5. The minimum absolute atomic E-state index is 0.493. The van der Waals surface area contributed by atoms with Gasteiger partial charge in [-0.15, -0.1) is 0 Å². The van der Waals surface area contributed by atoms with E-state index in [1.54, 1.807) is 0 Å². The van der Waals surface area contributed by atoms with Crippen molar-refractivity contribution < 1.29 is 0 Å². The van der Waals surface area contributed by atoms with E-state index in [0.29, 0.717) is 48.1 Å². The zero-order valence-corrected chi connectivity index (χ0v) is 33.1. The average Bonchev–Trinajstić information content (AvgIpc) is 3.03. The van der Waals surface area contributed by atoms with Gasteiger partial charge in [0.15, 0.2) is 0 Å². The first-order chi connectivity index (χ1) is 22.7. The summed E-state index contributed by atoms with van der Waals surface area (Å²) in [7, 11) is 0. The van der Waals surface area contributed by atoms with Crippen LogP contribution in [0.1, 0.15) is 148 Å². The Morgan fingerprint density at radius 1 is 0.375 bits per heavy atom. The first-order valence-corrected chi connectivity index (χ1v) is 19.2. The molecular formula is C45H71N3. The average molecular weight is 654 g/mol. The molecular weight excluding hydrogens is 583 g/mol. The second-order valence-corrected chi connectivity index (χ2v) is 16.3. The first kappa shape index (κ1) is 40.0. The molecule has 0 radical (unpaired) electrons. The van der Waals surface area contributed by atoms with Crippen molar-refractivity contribution in [2.24, 2.45) is 0 Å². The smallest absolute Gasteiger partial charge is 0.0239 e. The zero-order valence-electron chi connectivity index (χ0n) is 33.1. The van der Waals surface area contributed by atoms with E-state index in [2.05, 4.69) is 178 Å². The van der Waals surface area contributed by atoms with Crippen LogP contribution in [0.4, 0.5) is 0 Å². The molecule has 48 heavy (non-hydrogen) atoms. The maximum Gasteiger partial charge on any atom is 0.0239 e. The Balaban J connectivity index is 1.78. The van der Waals surface area contributed by atoms with Gasteiger partial charge in [0, 0.05) is 55.9 Å². The summed E-state index contributed by atoms with van der Waals surface area (Å²) < 4.78 is 0. The summed E-state index contributed by atoms with van der Waals surface area (Å²) >= 11 is 0. The molecule has 3 aromatic carbocycles. The van der Waals surface area contributed by atoms with Crippen LogP contribution in [0.25, 0.3) is 0 Å². The fourth-order valence-electron chi connectivity index (χ4n) is 7.50. The molecule has 3 aromatic rings. The van der Waals surface area contributed by atoms with Gasteiger partial charge in [-0.25, -0.2) is 0 Å². The Kier molecular flexibility index (Phi) is 15.9. The molecule has 0 heterocycles. The van der Waals surface area contributed by atoms with Crippen molar-refractivity contribution >= 4 is 0 Å². The standard InChI is InChI=1S/C45H71N3/c1-32(2)46(33(3)4)29-40-16-14-39(15-17-40)18-27-45(44-25-21-42(22-26-44)31-48(36(9)10)37(11)12)28-38(13)43-23-19-41(20-24-43)30-47(34(5)6)35(7)8/h14-17,19-26,32-38,45H,18,27-31H2,1-13H3. The van der Waals surface area contributed by atoms with Gasteiger partial charge in [-0.05, 0) is 148 Å². The van der Waals surface area contributed by atoms with E-state index in [1.807, 2.05) is 0 Å². The minimum atomic E-state index is 0.493. The summed E-state index contributed by atoms with van der Waals surface area (Å²) in [6.45, 7) is 33.1. The van der Waals surface area contributed by atoms with Crippen molar-refractivity contribution in [1.82, 2.24) is 14.7 Å². The van der Waals surface area contributed by atoms with Crippen molar-refractivity contribution in [2.75, 3.05) is 0 Å². The lowest BCUT2D eigenvalue weighted by Gasteiger charge is -2.31. The molecule has 0 aliphatic heterocycles. The summed E-state index contributed by atoms with van der Waals surface area (Å²) in [5.74, 6) is 1.00. The van der Waals surface area contributed by atoms with Gasteiger partial charge in [0.2, 0.25) is 0 Å². The van der Waals surface area contributed by atoms with Gasteiger partial charge in [0.1, 0.15) is 0 Å². The van der Waals surface area contributed by atoms with Crippen LogP contribution in [0.15, 0.2) is 72.8 Å². The van der Waals surface area contributed by atoms with Crippen LogP contribution in [0.5, 0.6) is 0 Å². The molecule has 0 fully saturated rings. The zero-order chi connectivity index (χ0) is 35.5. The van der Waals surface area contributed by atoms with Gasteiger partial charge >= 0.3 is 0 Å². The predicted molar refractivity (Wildman–Crippen MR) is 211 cm³/mol. The molecule has 3 nitrogen and oxygen atoms in total. The molecule has 0 aliphatic rings. The van der Waals surface area contributed by atoms with Gasteiger partial charge in [-0.2, -0.15) is 0 Å². The Morgan fingerprint density at radius 2 is 0.667 bits per heavy atom. The van der Waals surface area contributed by atoms with Crippen LogP contribution in [-0.4, -0.2) is 51.0 Å². The third kappa shape index (κ3) is 12.1. The molecule has 266 valence electrons. The van der Waals surface area contributed by atoms with Crippen LogP contribution in [0.2, 0.25) is 0 Å². The summed E-state index contributed by atoms with van der Waals surface area (Å²) in [6, 6.07) is 31.9. The van der Waals surface area contributed by atoms with Crippen LogP contribution >= 0.6 is 0 Å². The molecule has 0 aliphatic carbocycles. The molecule has 3 heteroatoms. The summed E-state index contributed by atoms with van der Waals surface area (Å²) in [5.41, 5.74) is 8.61. The lowest BCUT2D eigenvalue weighted by atomic mass is 9.82. The fraction of sp³-hybridized carbons (Fsp3) is 0.600. The molecule has 0 spiro atoms. The van der Waals surface area contributed by atoms with Crippen LogP contribution in [0, 0.1) is 0 Å². The van der Waals surface area contributed by atoms with Crippen molar-refractivity contribution in [3.05, 3.63) is 106 Å². The van der Waals surface area contributed by atoms with Crippen molar-refractivity contribution in [3.8, 4) is 0 Å². The van der Waals surface area contributed by atoms with Gasteiger partial charge in [-0.1, -0.05) is 79.7 Å². The maximum atomic E-state index is 2.57. The highest BCUT2D eigenvalue weighted by Gasteiger charge is 2.20. The molecule has 0 saturated carbocycles. The van der Waals surface area contributed by atoms with Gasteiger partial charge in [0.05, 0.1) is 0 Å². The summed E-state index contributed by atoms with van der Waals surface area (Å²) in [6.07, 6.45) is 3.42. The van der Waals surface area contributed by atoms with Gasteiger partial charge < -0.3 is 0 Å². The largest absolute Gasteiger partial charge is 0.294 e. The number of nitrogens with zero attached hydrogens (tertiary/aromatic N) is 3. The summed E-state index contributed by atoms with van der Waals surface area (Å²) in [4.78, 5) is 7.71. The molecule has 0 aromatic heterocycles. The SMILES string of the molecule is CC(CC(CCc1ccc(CN(C(C)C)C(C)C)cc1)c1ccc(CN(C(C)C)C(C)C)cc1)c1ccc(CN(C(C)C)C(C)C)cc1. The van der Waals surface area contributed by atoms with Crippen molar-refractivity contribution in [2.45, 2.75) is 177 Å². The van der Waals surface area contributed by atoms with E-state index in [0.717, 1.165) is 38.9 Å². The molecule has 3 rings (SSSR count). The van der Waals surface area contributed by atoms with E-state index in [1.165, 1.54) is 33.4 Å². The molecule has 0 amide bonds. The van der Waals surface area contributed by atoms with Crippen molar-refractivity contribution in [3.63, 3.8) is 0 Å². The first-order valence-electron chi connectivity index (χ1n) is 19.2. The van der Waals surface area contributed by atoms with E-state index in [4.69, 9.17) is 0 Å². The lowest BCUT2D eigenvalue weighted by Crippen LogP contribution is -2.36. The second-order valence-electron chi connectivity index (χ2n) is 16.3. The maximum absolute atomic E-state index is 2.57. The second kappa shape index (κ2) is 19.1. The highest BCUT2D eigenvalue weighted by atomic mass is 15.2. The highest BCUT2D eigenvalue weighted by molar-refractivity contribution is 5.30. The van der Waals surface area contributed by atoms with Crippen LogP contribution in [0.3, 0.4) is 0 Å². The van der Waals surface area contributed by atoms with Crippen LogP contribution < -0.4 is 0 Å². The van der Waals surface area contributed by atoms with E-state index in [-0.39, 0.29) is 0 Å². The molecule has 0 N–H and O–H groups in total. The van der Waals surface area contributed by atoms with Crippen LogP contribution in [-0.2, 0) is 26.1 Å². The fourth-order valence-corrected chi connectivity index (χ4v) is 7.50. The number of hydrogen-bond acceptors (Lipinski definition) is 3.